The van der Waals surface area contributed by atoms with E-state index in [2.05, 4.69) is 10.1 Å². The highest BCUT2D eigenvalue weighted by atomic mass is 16.5. The van der Waals surface area contributed by atoms with Crippen LogP contribution in [0.25, 0.3) is 0 Å². The zero-order valence-corrected chi connectivity index (χ0v) is 9.60. The van der Waals surface area contributed by atoms with Gasteiger partial charge in [0, 0.05) is 5.56 Å². The fraction of sp³-hybridized carbons (Fsp3) is 0.250. The highest BCUT2D eigenvalue weighted by molar-refractivity contribution is 5.86. The van der Waals surface area contributed by atoms with Gasteiger partial charge in [-0.2, -0.15) is 0 Å². The van der Waals surface area contributed by atoms with E-state index in [0.717, 1.165) is 5.56 Å². The molecule has 0 radical (unpaired) electrons. The van der Waals surface area contributed by atoms with Crippen LogP contribution in [0.5, 0.6) is 0 Å². The highest BCUT2D eigenvalue weighted by Gasteiger charge is 2.19. The second-order valence-corrected chi connectivity index (χ2v) is 3.47. The van der Waals surface area contributed by atoms with Crippen LogP contribution < -0.4 is 5.32 Å². The molecule has 0 aromatic carbocycles. The molecule has 0 amide bonds. The van der Waals surface area contributed by atoms with E-state index in [1.165, 1.54) is 7.11 Å². The van der Waals surface area contributed by atoms with Crippen LogP contribution in [0.3, 0.4) is 0 Å². The third-order valence-electron chi connectivity index (χ3n) is 2.46. The minimum absolute atomic E-state index is 0.146. The maximum Gasteiger partial charge on any atom is 0.373 e. The molecule has 0 saturated heterocycles. The molecular weight excluding hydrogens is 222 g/mol. The summed E-state index contributed by atoms with van der Waals surface area (Å²) in [5, 5.41) is 3.09. The van der Waals surface area contributed by atoms with Crippen molar-refractivity contribution in [1.82, 2.24) is 5.32 Å². The summed E-state index contributed by atoms with van der Waals surface area (Å²) in [4.78, 5) is 11.3. The van der Waals surface area contributed by atoms with Gasteiger partial charge in [-0.25, -0.2) is 4.79 Å². The predicted molar refractivity (Wildman–Crippen MR) is 59.7 cm³/mol. The number of methoxy groups -OCH3 is 1. The molecule has 2 rings (SSSR count). The van der Waals surface area contributed by atoms with E-state index in [9.17, 15) is 4.79 Å². The Kier molecular flexibility index (Phi) is 3.30. The molecule has 5 nitrogen and oxygen atoms in total. The minimum atomic E-state index is -0.488. The van der Waals surface area contributed by atoms with E-state index in [-0.39, 0.29) is 11.8 Å². The molecule has 90 valence electrons. The Morgan fingerprint density at radius 1 is 1.41 bits per heavy atom. The minimum Gasteiger partial charge on any atom is -0.472 e. The molecule has 2 aromatic heterocycles. The van der Waals surface area contributed by atoms with E-state index in [1.54, 1.807) is 31.7 Å². The van der Waals surface area contributed by atoms with Gasteiger partial charge in [0.05, 0.1) is 25.7 Å². The van der Waals surface area contributed by atoms with Gasteiger partial charge in [-0.05, 0) is 25.2 Å². The molecule has 2 aromatic rings. The number of carbonyl (C=O) groups excluding carboxylic acids is 1. The van der Waals surface area contributed by atoms with Gasteiger partial charge in [0.25, 0.3) is 0 Å². The average molecular weight is 235 g/mol. The van der Waals surface area contributed by atoms with Crippen LogP contribution in [0.15, 0.2) is 39.6 Å². The summed E-state index contributed by atoms with van der Waals surface area (Å²) in [6.07, 6.45) is 3.21. The van der Waals surface area contributed by atoms with E-state index >= 15 is 0 Å². The maximum absolute atomic E-state index is 11.3. The number of nitrogens with one attached hydrogen (secondary N) is 1. The molecule has 0 spiro atoms. The predicted octanol–water partition coefficient (Wildman–Crippen LogP) is 1.97. The normalized spacial score (nSPS) is 12.4. The van der Waals surface area contributed by atoms with Crippen molar-refractivity contribution in [2.24, 2.45) is 0 Å². The van der Waals surface area contributed by atoms with Crippen molar-refractivity contribution < 1.29 is 18.4 Å². The lowest BCUT2D eigenvalue weighted by molar-refractivity contribution is 0.0562. The first-order valence-electron chi connectivity index (χ1n) is 5.13. The summed E-state index contributed by atoms with van der Waals surface area (Å²) >= 11 is 0. The van der Waals surface area contributed by atoms with Crippen LogP contribution >= 0.6 is 0 Å². The Bertz CT molecular complexity index is 486. The number of ether oxygens (including phenoxy) is 1. The Balaban J connectivity index is 2.26. The number of carbonyl (C=O) groups is 1. The topological polar surface area (TPSA) is 64.6 Å². The monoisotopic (exact) mass is 235 g/mol. The summed E-state index contributed by atoms with van der Waals surface area (Å²) in [5.41, 5.74) is 0.929. The van der Waals surface area contributed by atoms with Crippen molar-refractivity contribution in [2.75, 3.05) is 14.2 Å². The third kappa shape index (κ3) is 2.24. The van der Waals surface area contributed by atoms with Crippen LogP contribution in [0.4, 0.5) is 0 Å². The molecule has 0 fully saturated rings. The van der Waals surface area contributed by atoms with Crippen molar-refractivity contribution in [3.05, 3.63) is 47.8 Å². The summed E-state index contributed by atoms with van der Waals surface area (Å²) in [6, 6.07) is 5.01. The number of hydrogen-bond donors (Lipinski definition) is 1. The van der Waals surface area contributed by atoms with Gasteiger partial charge >= 0.3 is 5.97 Å². The van der Waals surface area contributed by atoms with Crippen LogP contribution in [-0.4, -0.2) is 20.1 Å². The van der Waals surface area contributed by atoms with E-state index in [4.69, 9.17) is 8.83 Å². The van der Waals surface area contributed by atoms with E-state index < -0.39 is 5.97 Å². The van der Waals surface area contributed by atoms with Gasteiger partial charge in [0.2, 0.25) is 5.76 Å². The molecule has 5 heteroatoms. The lowest BCUT2D eigenvalue weighted by Crippen LogP contribution is -2.16. The molecule has 0 saturated carbocycles. The molecule has 17 heavy (non-hydrogen) atoms. The lowest BCUT2D eigenvalue weighted by atomic mass is 10.1. The fourth-order valence-electron chi connectivity index (χ4n) is 1.63. The second-order valence-electron chi connectivity index (χ2n) is 3.47. The molecule has 1 unspecified atom stereocenters. The van der Waals surface area contributed by atoms with Gasteiger partial charge in [-0.15, -0.1) is 0 Å². The molecule has 0 aliphatic carbocycles. The Hall–Kier alpha value is -2.01. The summed E-state index contributed by atoms with van der Waals surface area (Å²) in [6.45, 7) is 0. The smallest absolute Gasteiger partial charge is 0.373 e. The molecule has 1 atom stereocenters. The molecule has 1 N–H and O–H groups in total. The number of furan rings is 2. The molecule has 0 bridgehead atoms. The van der Waals surface area contributed by atoms with Crippen LogP contribution in [0.2, 0.25) is 0 Å². The fourth-order valence-corrected chi connectivity index (χ4v) is 1.63. The van der Waals surface area contributed by atoms with Crippen LogP contribution in [0.1, 0.15) is 27.9 Å². The van der Waals surface area contributed by atoms with Gasteiger partial charge in [-0.3, -0.25) is 0 Å². The standard InChI is InChI=1S/C12H13NO4/c1-13-11(8-5-6-16-7-8)9-3-4-10(17-9)12(14)15-2/h3-7,11,13H,1-2H3. The van der Waals surface area contributed by atoms with Gasteiger partial charge in [-0.1, -0.05) is 0 Å². The number of hydrogen-bond acceptors (Lipinski definition) is 5. The van der Waals surface area contributed by atoms with E-state index in [0.29, 0.717) is 5.76 Å². The van der Waals surface area contributed by atoms with Gasteiger partial charge in [0.15, 0.2) is 0 Å². The van der Waals surface area contributed by atoms with Gasteiger partial charge < -0.3 is 18.9 Å². The quantitative estimate of drug-likeness (QED) is 0.821. The van der Waals surface area contributed by atoms with Crippen molar-refractivity contribution >= 4 is 5.97 Å². The lowest BCUT2D eigenvalue weighted by Gasteiger charge is -2.10. The average Bonchev–Trinajstić information content (AvgIpc) is 3.00. The first kappa shape index (κ1) is 11.5. The van der Waals surface area contributed by atoms with Crippen molar-refractivity contribution in [3.8, 4) is 0 Å². The van der Waals surface area contributed by atoms with Crippen LogP contribution in [-0.2, 0) is 4.74 Å². The molecular formula is C12H13NO4. The first-order valence-corrected chi connectivity index (χ1v) is 5.13. The second kappa shape index (κ2) is 4.88. The van der Waals surface area contributed by atoms with Gasteiger partial charge in [0.1, 0.15) is 5.76 Å². The molecule has 0 aliphatic rings. The molecule has 0 aliphatic heterocycles. The highest BCUT2D eigenvalue weighted by Crippen LogP contribution is 2.24. The van der Waals surface area contributed by atoms with Crippen molar-refractivity contribution in [1.29, 1.82) is 0 Å². The number of rotatable bonds is 4. The summed E-state index contributed by atoms with van der Waals surface area (Å²) < 4.78 is 15.0. The largest absolute Gasteiger partial charge is 0.472 e. The SMILES string of the molecule is CNC(c1ccoc1)c1ccc(C(=O)OC)o1. The van der Waals surface area contributed by atoms with Crippen molar-refractivity contribution in [2.45, 2.75) is 6.04 Å². The Labute approximate surface area is 98.4 Å². The summed E-state index contributed by atoms with van der Waals surface area (Å²) in [7, 11) is 3.12. The zero-order chi connectivity index (χ0) is 12.3. The first-order chi connectivity index (χ1) is 8.26. The Morgan fingerprint density at radius 2 is 2.24 bits per heavy atom. The number of esters is 1. The Morgan fingerprint density at radius 3 is 2.82 bits per heavy atom. The zero-order valence-electron chi connectivity index (χ0n) is 9.60. The van der Waals surface area contributed by atoms with Crippen molar-refractivity contribution in [3.63, 3.8) is 0 Å². The third-order valence-corrected chi connectivity index (χ3v) is 2.46. The maximum atomic E-state index is 11.3. The van der Waals surface area contributed by atoms with E-state index in [1.807, 2.05) is 6.07 Å². The molecule has 2 heterocycles. The summed E-state index contributed by atoms with van der Waals surface area (Å²) in [5.74, 6) is 0.332. The van der Waals surface area contributed by atoms with Crippen LogP contribution in [0, 0.1) is 0 Å².